The maximum atomic E-state index is 11.1. The number of likely N-dealkylation sites (tertiary alicyclic amines) is 1. The van der Waals surface area contributed by atoms with Crippen molar-refractivity contribution in [2.75, 3.05) is 13.1 Å². The Balaban J connectivity index is 1.71. The highest BCUT2D eigenvalue weighted by molar-refractivity contribution is 6.34. The summed E-state index contributed by atoms with van der Waals surface area (Å²) >= 11 is 6.21. The van der Waals surface area contributed by atoms with Crippen molar-refractivity contribution in [3.05, 3.63) is 34.3 Å². The summed E-state index contributed by atoms with van der Waals surface area (Å²) in [6.07, 6.45) is 2.74. The van der Waals surface area contributed by atoms with Gasteiger partial charge in [0.05, 0.1) is 16.7 Å². The van der Waals surface area contributed by atoms with E-state index in [-0.39, 0.29) is 11.7 Å². The van der Waals surface area contributed by atoms with E-state index < -0.39 is 5.97 Å². The summed E-state index contributed by atoms with van der Waals surface area (Å²) in [7, 11) is 0. The molecule has 1 saturated heterocycles. The number of aliphatic hydroxyl groups excluding tert-OH is 1. The van der Waals surface area contributed by atoms with Crippen LogP contribution in [0.15, 0.2) is 18.2 Å². The molecule has 0 spiro atoms. The highest BCUT2D eigenvalue weighted by Crippen LogP contribution is 2.37. The fourth-order valence-electron chi connectivity index (χ4n) is 3.74. The zero-order valence-electron chi connectivity index (χ0n) is 11.8. The van der Waals surface area contributed by atoms with Crippen LogP contribution in [-0.4, -0.2) is 40.3 Å². The molecule has 1 aromatic carbocycles. The average molecular weight is 310 g/mol. The minimum atomic E-state index is -0.986. The lowest BCUT2D eigenvalue weighted by atomic mass is 9.80. The quantitative estimate of drug-likeness (QED) is 0.901. The molecule has 2 aliphatic rings. The average Bonchev–Trinajstić information content (AvgIpc) is 2.82. The molecule has 1 heterocycles. The maximum Gasteiger partial charge on any atom is 0.337 e. The molecule has 0 amide bonds. The number of nitrogens with zero attached hydrogens (tertiary/aromatic N) is 1. The van der Waals surface area contributed by atoms with Gasteiger partial charge in [0.25, 0.3) is 0 Å². The van der Waals surface area contributed by atoms with Gasteiger partial charge in [0.1, 0.15) is 0 Å². The van der Waals surface area contributed by atoms with Crippen LogP contribution in [0.2, 0.25) is 5.02 Å². The number of carboxylic acid groups (broad SMARTS) is 1. The molecular formula is C16H20ClNO3. The number of halogens is 1. The Bertz CT molecular complexity index is 548. The molecule has 114 valence electrons. The summed E-state index contributed by atoms with van der Waals surface area (Å²) < 4.78 is 0. The van der Waals surface area contributed by atoms with Crippen LogP contribution in [0.1, 0.15) is 35.2 Å². The molecule has 0 unspecified atom stereocenters. The van der Waals surface area contributed by atoms with E-state index in [1.165, 1.54) is 6.07 Å². The molecule has 5 heteroatoms. The van der Waals surface area contributed by atoms with Gasteiger partial charge in [-0.25, -0.2) is 4.79 Å². The molecule has 1 aromatic rings. The summed E-state index contributed by atoms with van der Waals surface area (Å²) in [5.41, 5.74) is 1.04. The van der Waals surface area contributed by atoms with Crippen LogP contribution in [0, 0.1) is 11.8 Å². The van der Waals surface area contributed by atoms with Gasteiger partial charge < -0.3 is 10.2 Å². The monoisotopic (exact) mass is 309 g/mol. The van der Waals surface area contributed by atoms with Gasteiger partial charge in [-0.2, -0.15) is 0 Å². The molecule has 1 aliphatic carbocycles. The summed E-state index contributed by atoms with van der Waals surface area (Å²) in [6, 6.07) is 5.18. The van der Waals surface area contributed by atoms with Crippen molar-refractivity contribution in [3.8, 4) is 0 Å². The van der Waals surface area contributed by atoms with Crippen LogP contribution in [0.3, 0.4) is 0 Å². The number of fused-ring (bicyclic) bond motifs is 1. The first kappa shape index (κ1) is 14.8. The van der Waals surface area contributed by atoms with E-state index in [0.29, 0.717) is 23.4 Å². The van der Waals surface area contributed by atoms with Crippen LogP contribution in [0.5, 0.6) is 0 Å². The van der Waals surface area contributed by atoms with E-state index in [9.17, 15) is 9.90 Å². The van der Waals surface area contributed by atoms with E-state index in [1.807, 2.05) is 6.07 Å². The number of aromatic carboxylic acids is 1. The van der Waals surface area contributed by atoms with Gasteiger partial charge in [0, 0.05) is 19.6 Å². The number of carboxylic acids is 1. The van der Waals surface area contributed by atoms with Crippen LogP contribution in [-0.2, 0) is 6.54 Å². The van der Waals surface area contributed by atoms with Gasteiger partial charge in [-0.15, -0.1) is 0 Å². The molecule has 4 nitrogen and oxygen atoms in total. The first-order chi connectivity index (χ1) is 10.0. The molecule has 2 N–H and O–H groups in total. The lowest BCUT2D eigenvalue weighted by molar-refractivity contribution is 0.0696. The SMILES string of the molecule is O=C(O)c1cccc(CN2C[C@H]3CC[C@@H](O)C[C@H]3C2)c1Cl. The number of carbonyl (C=O) groups is 1. The van der Waals surface area contributed by atoms with Gasteiger partial charge in [0.15, 0.2) is 0 Å². The minimum absolute atomic E-state index is 0.148. The molecule has 3 atom stereocenters. The van der Waals surface area contributed by atoms with E-state index in [0.717, 1.165) is 37.9 Å². The third-order valence-electron chi connectivity index (χ3n) is 4.80. The van der Waals surface area contributed by atoms with Crippen molar-refractivity contribution >= 4 is 17.6 Å². The summed E-state index contributed by atoms with van der Waals surface area (Å²) in [5, 5.41) is 19.2. The van der Waals surface area contributed by atoms with Crippen LogP contribution >= 0.6 is 11.6 Å². The highest BCUT2D eigenvalue weighted by atomic mass is 35.5. The largest absolute Gasteiger partial charge is 0.478 e. The lowest BCUT2D eigenvalue weighted by Crippen LogP contribution is -2.26. The van der Waals surface area contributed by atoms with E-state index in [4.69, 9.17) is 16.7 Å². The predicted octanol–water partition coefficient (Wildman–Crippen LogP) is 2.63. The zero-order chi connectivity index (χ0) is 15.0. The second-order valence-corrected chi connectivity index (χ2v) is 6.64. The maximum absolute atomic E-state index is 11.1. The summed E-state index contributed by atoms with van der Waals surface area (Å²) in [5.74, 6) is 0.241. The number of hydrogen-bond acceptors (Lipinski definition) is 3. The van der Waals surface area contributed by atoms with Gasteiger partial charge in [0.2, 0.25) is 0 Å². The van der Waals surface area contributed by atoms with Crippen LogP contribution < -0.4 is 0 Å². The Morgan fingerprint density at radius 2 is 2.05 bits per heavy atom. The van der Waals surface area contributed by atoms with Crippen molar-refractivity contribution in [3.63, 3.8) is 0 Å². The fourth-order valence-corrected chi connectivity index (χ4v) is 4.01. The van der Waals surface area contributed by atoms with Crippen LogP contribution in [0.4, 0.5) is 0 Å². The third-order valence-corrected chi connectivity index (χ3v) is 5.25. The Labute approximate surface area is 129 Å². The fraction of sp³-hybridized carbons (Fsp3) is 0.562. The Morgan fingerprint density at radius 3 is 2.81 bits per heavy atom. The van der Waals surface area contributed by atoms with Gasteiger partial charge >= 0.3 is 5.97 Å². The molecule has 3 rings (SSSR count). The molecule has 0 aromatic heterocycles. The number of benzene rings is 1. The van der Waals surface area contributed by atoms with Crippen molar-refractivity contribution in [2.24, 2.45) is 11.8 Å². The van der Waals surface area contributed by atoms with Gasteiger partial charge in [-0.05, 0) is 42.7 Å². The van der Waals surface area contributed by atoms with E-state index >= 15 is 0 Å². The third kappa shape index (κ3) is 3.07. The zero-order valence-corrected chi connectivity index (χ0v) is 12.6. The normalized spacial score (nSPS) is 29.3. The number of aliphatic hydroxyl groups is 1. The van der Waals surface area contributed by atoms with Gasteiger partial charge in [-0.1, -0.05) is 23.7 Å². The van der Waals surface area contributed by atoms with Crippen molar-refractivity contribution < 1.29 is 15.0 Å². The standard InChI is InChI=1S/C16H20ClNO3/c17-15-11(2-1-3-14(15)16(20)21)8-18-7-10-4-5-13(19)6-12(10)9-18/h1-3,10,12-13,19H,4-9H2,(H,20,21)/t10-,12+,13-/m1/s1. The molecule has 21 heavy (non-hydrogen) atoms. The smallest absolute Gasteiger partial charge is 0.337 e. The molecule has 0 bridgehead atoms. The van der Waals surface area contributed by atoms with Crippen molar-refractivity contribution in [1.29, 1.82) is 0 Å². The molecule has 1 aliphatic heterocycles. The first-order valence-electron chi connectivity index (χ1n) is 7.45. The molecular weight excluding hydrogens is 290 g/mol. The Morgan fingerprint density at radius 1 is 1.29 bits per heavy atom. The molecule has 0 radical (unpaired) electrons. The van der Waals surface area contributed by atoms with Crippen molar-refractivity contribution in [1.82, 2.24) is 4.90 Å². The molecule has 2 fully saturated rings. The van der Waals surface area contributed by atoms with E-state index in [1.54, 1.807) is 6.07 Å². The number of rotatable bonds is 3. The molecule has 1 saturated carbocycles. The topological polar surface area (TPSA) is 60.8 Å². The Kier molecular flexibility index (Phi) is 4.20. The predicted molar refractivity (Wildman–Crippen MR) is 80.5 cm³/mol. The second kappa shape index (κ2) is 5.95. The van der Waals surface area contributed by atoms with Crippen LogP contribution in [0.25, 0.3) is 0 Å². The first-order valence-corrected chi connectivity index (χ1v) is 7.83. The Hall–Kier alpha value is -1.10. The summed E-state index contributed by atoms with van der Waals surface area (Å²) in [6.45, 7) is 2.67. The number of hydrogen-bond donors (Lipinski definition) is 2. The second-order valence-electron chi connectivity index (χ2n) is 6.26. The van der Waals surface area contributed by atoms with Gasteiger partial charge in [-0.3, -0.25) is 4.90 Å². The summed E-state index contributed by atoms with van der Waals surface area (Å²) in [4.78, 5) is 13.5. The van der Waals surface area contributed by atoms with Crippen molar-refractivity contribution in [2.45, 2.75) is 31.9 Å². The minimum Gasteiger partial charge on any atom is -0.478 e. The van der Waals surface area contributed by atoms with E-state index in [2.05, 4.69) is 4.90 Å². The lowest BCUT2D eigenvalue weighted by Gasteiger charge is -2.27. The highest BCUT2D eigenvalue weighted by Gasteiger charge is 2.37.